The molecule has 0 radical (unpaired) electrons. The monoisotopic (exact) mass is 339 g/mol. The van der Waals surface area contributed by atoms with Gasteiger partial charge in [0.05, 0.1) is 6.42 Å². The Morgan fingerprint density at radius 2 is 2.10 bits per heavy atom. The van der Waals surface area contributed by atoms with Crippen molar-refractivity contribution >= 4 is 37.0 Å². The number of thiophene rings is 1. The number of unbranched alkanes of at least 4 members (excludes halogenated alkanes) is 2. The van der Waals surface area contributed by atoms with Crippen LogP contribution in [-0.4, -0.2) is 34.6 Å². The van der Waals surface area contributed by atoms with E-state index in [1.807, 2.05) is 0 Å². The molecule has 1 heterocycles. The second-order valence-electron chi connectivity index (χ2n) is 4.24. The Labute approximate surface area is 127 Å². The highest BCUT2D eigenvalue weighted by Crippen LogP contribution is 2.24. The lowest BCUT2D eigenvalue weighted by Gasteiger charge is -2.04. The van der Waals surface area contributed by atoms with Crippen LogP contribution in [0.25, 0.3) is 0 Å². The van der Waals surface area contributed by atoms with Gasteiger partial charge in [-0.15, -0.1) is 11.3 Å². The molecule has 0 spiro atoms. The maximum Gasteiger partial charge on any atom is 0.270 e. The summed E-state index contributed by atoms with van der Waals surface area (Å²) >= 11 is 1.02. The summed E-state index contributed by atoms with van der Waals surface area (Å²) in [6.45, 7) is 1.35. The Hall–Kier alpha value is -0.630. The first-order chi connectivity index (χ1) is 9.43. The number of methoxy groups -OCH3 is 1. The number of hydrogen-bond acceptors (Lipinski definition) is 5. The van der Waals surface area contributed by atoms with Crippen molar-refractivity contribution in [2.24, 2.45) is 0 Å². The van der Waals surface area contributed by atoms with Crippen LogP contribution in [0.3, 0.4) is 0 Å². The lowest BCUT2D eigenvalue weighted by Crippen LogP contribution is -2.25. The normalized spacial score (nSPS) is 11.5. The Balaban J connectivity index is 2.27. The summed E-state index contributed by atoms with van der Waals surface area (Å²) in [7, 11) is 3.19. The van der Waals surface area contributed by atoms with Crippen molar-refractivity contribution in [1.82, 2.24) is 5.32 Å². The summed E-state index contributed by atoms with van der Waals surface area (Å²) in [6.07, 6.45) is 3.06. The summed E-state index contributed by atoms with van der Waals surface area (Å²) < 4.78 is 27.2. The fourth-order valence-corrected chi connectivity index (χ4v) is 3.70. The second-order valence-corrected chi connectivity index (χ2v) is 8.20. The predicted octanol–water partition coefficient (Wildman–Crippen LogP) is 2.15. The van der Waals surface area contributed by atoms with Gasteiger partial charge in [-0.2, -0.15) is 0 Å². The fraction of sp³-hybridized carbons (Fsp3) is 0.583. The predicted molar refractivity (Wildman–Crippen MR) is 79.8 cm³/mol. The molecule has 1 aromatic heterocycles. The molecule has 1 rings (SSSR count). The van der Waals surface area contributed by atoms with E-state index in [0.717, 1.165) is 37.2 Å². The first-order valence-electron chi connectivity index (χ1n) is 6.22. The third kappa shape index (κ3) is 6.69. The van der Waals surface area contributed by atoms with Crippen LogP contribution in [0.1, 0.15) is 24.1 Å². The van der Waals surface area contributed by atoms with E-state index in [0.29, 0.717) is 11.4 Å². The number of rotatable bonds is 9. The van der Waals surface area contributed by atoms with Gasteiger partial charge < -0.3 is 10.1 Å². The molecule has 1 amide bonds. The number of halogens is 1. The SMILES string of the molecule is COCCCCCNC(=O)Cc1ccc(S(=O)(=O)Cl)s1. The van der Waals surface area contributed by atoms with Gasteiger partial charge in [-0.1, -0.05) is 0 Å². The zero-order chi connectivity index (χ0) is 15.0. The highest BCUT2D eigenvalue weighted by atomic mass is 35.7. The molecule has 0 bridgehead atoms. The largest absolute Gasteiger partial charge is 0.385 e. The molecule has 0 aromatic carbocycles. The number of hydrogen-bond donors (Lipinski definition) is 1. The smallest absolute Gasteiger partial charge is 0.270 e. The fourth-order valence-electron chi connectivity index (χ4n) is 1.58. The Morgan fingerprint density at radius 1 is 1.35 bits per heavy atom. The van der Waals surface area contributed by atoms with Gasteiger partial charge in [-0.3, -0.25) is 4.79 Å². The van der Waals surface area contributed by atoms with Crippen molar-refractivity contribution in [2.45, 2.75) is 29.9 Å². The van der Waals surface area contributed by atoms with E-state index in [9.17, 15) is 13.2 Å². The zero-order valence-electron chi connectivity index (χ0n) is 11.2. The topological polar surface area (TPSA) is 72.5 Å². The summed E-state index contributed by atoms with van der Waals surface area (Å²) in [4.78, 5) is 12.3. The Bertz CT molecular complexity index is 527. The Morgan fingerprint density at radius 3 is 2.70 bits per heavy atom. The second kappa shape index (κ2) is 8.61. The summed E-state index contributed by atoms with van der Waals surface area (Å²) in [6, 6.07) is 3.03. The van der Waals surface area contributed by atoms with Gasteiger partial charge in [0.25, 0.3) is 9.05 Å². The number of ether oxygens (including phenoxy) is 1. The van der Waals surface area contributed by atoms with Crippen LogP contribution in [-0.2, 0) is 25.0 Å². The van der Waals surface area contributed by atoms with E-state index in [-0.39, 0.29) is 16.5 Å². The van der Waals surface area contributed by atoms with E-state index in [2.05, 4.69) is 5.32 Å². The van der Waals surface area contributed by atoms with Gasteiger partial charge in [0.15, 0.2) is 0 Å². The average molecular weight is 340 g/mol. The average Bonchev–Trinajstić information content (AvgIpc) is 2.82. The van der Waals surface area contributed by atoms with Crippen LogP contribution in [0.5, 0.6) is 0 Å². The summed E-state index contributed by atoms with van der Waals surface area (Å²) in [5.41, 5.74) is 0. The molecule has 0 aliphatic rings. The minimum absolute atomic E-state index is 0.0709. The van der Waals surface area contributed by atoms with Crippen LogP contribution in [0.4, 0.5) is 0 Å². The van der Waals surface area contributed by atoms with Gasteiger partial charge in [0.1, 0.15) is 4.21 Å². The molecule has 0 fully saturated rings. The van der Waals surface area contributed by atoms with Gasteiger partial charge in [-0.25, -0.2) is 8.42 Å². The van der Waals surface area contributed by atoms with Crippen LogP contribution in [0.15, 0.2) is 16.3 Å². The maximum absolute atomic E-state index is 11.6. The first kappa shape index (κ1) is 17.4. The molecule has 0 aliphatic carbocycles. The highest BCUT2D eigenvalue weighted by molar-refractivity contribution is 8.15. The third-order valence-electron chi connectivity index (χ3n) is 2.56. The van der Waals surface area contributed by atoms with E-state index in [1.54, 1.807) is 13.2 Å². The molecular formula is C12H18ClNO4S2. The van der Waals surface area contributed by atoms with Gasteiger partial charge in [-0.05, 0) is 31.4 Å². The Kier molecular flexibility index (Phi) is 7.50. The van der Waals surface area contributed by atoms with E-state index >= 15 is 0 Å². The molecule has 1 N–H and O–H groups in total. The van der Waals surface area contributed by atoms with Crippen molar-refractivity contribution in [3.05, 3.63) is 17.0 Å². The maximum atomic E-state index is 11.6. The molecule has 0 aliphatic heterocycles. The van der Waals surface area contributed by atoms with Gasteiger partial charge in [0, 0.05) is 35.8 Å². The quantitative estimate of drug-likeness (QED) is 0.552. The van der Waals surface area contributed by atoms with Crippen LogP contribution in [0, 0.1) is 0 Å². The van der Waals surface area contributed by atoms with Gasteiger partial charge in [0.2, 0.25) is 5.91 Å². The number of amides is 1. The molecular weight excluding hydrogens is 322 g/mol. The molecule has 0 atom stereocenters. The number of nitrogens with one attached hydrogen (secondary N) is 1. The van der Waals surface area contributed by atoms with E-state index in [4.69, 9.17) is 15.4 Å². The van der Waals surface area contributed by atoms with Crippen molar-refractivity contribution in [3.63, 3.8) is 0 Å². The van der Waals surface area contributed by atoms with Crippen molar-refractivity contribution in [3.8, 4) is 0 Å². The van der Waals surface area contributed by atoms with Crippen LogP contribution >= 0.6 is 22.0 Å². The molecule has 0 unspecified atom stereocenters. The molecule has 0 saturated heterocycles. The minimum atomic E-state index is -3.70. The molecule has 114 valence electrons. The lowest BCUT2D eigenvalue weighted by molar-refractivity contribution is -0.120. The molecule has 0 saturated carbocycles. The third-order valence-corrected chi connectivity index (χ3v) is 5.74. The molecule has 8 heteroatoms. The molecule has 5 nitrogen and oxygen atoms in total. The standard InChI is InChI=1S/C12H18ClNO4S2/c1-18-8-4-2-3-7-14-11(15)9-10-5-6-12(19-10)20(13,16)17/h5-6H,2-4,7-9H2,1H3,(H,14,15). The van der Waals surface area contributed by atoms with Gasteiger partial charge >= 0.3 is 0 Å². The zero-order valence-corrected chi connectivity index (χ0v) is 13.6. The first-order valence-corrected chi connectivity index (χ1v) is 9.35. The minimum Gasteiger partial charge on any atom is -0.385 e. The highest BCUT2D eigenvalue weighted by Gasteiger charge is 2.14. The number of carbonyl (C=O) groups is 1. The molecule has 1 aromatic rings. The van der Waals surface area contributed by atoms with E-state index < -0.39 is 9.05 Å². The van der Waals surface area contributed by atoms with Crippen LogP contribution < -0.4 is 5.32 Å². The van der Waals surface area contributed by atoms with Crippen LogP contribution in [0.2, 0.25) is 0 Å². The molecule has 20 heavy (non-hydrogen) atoms. The summed E-state index contributed by atoms with van der Waals surface area (Å²) in [5, 5.41) is 2.80. The lowest BCUT2D eigenvalue weighted by atomic mass is 10.2. The van der Waals surface area contributed by atoms with E-state index in [1.165, 1.54) is 6.07 Å². The van der Waals surface area contributed by atoms with Crippen molar-refractivity contribution in [1.29, 1.82) is 0 Å². The van der Waals surface area contributed by atoms with Crippen molar-refractivity contribution < 1.29 is 17.9 Å². The number of carbonyl (C=O) groups excluding carboxylic acids is 1. The summed E-state index contributed by atoms with van der Waals surface area (Å²) in [5.74, 6) is -0.114. The van der Waals surface area contributed by atoms with Crippen molar-refractivity contribution in [2.75, 3.05) is 20.3 Å².